The Labute approximate surface area is 129 Å². The molecule has 0 unspecified atom stereocenters. The van der Waals surface area contributed by atoms with Crippen molar-refractivity contribution in [1.82, 2.24) is 5.32 Å². The standard InChI is InChI=1S/C17H19FN2O2/c1-22-16-8-6-15(7-9-16)20-17(21)10-11-19-12-13-2-4-14(18)5-3-13/h2-9,19H,10-12H2,1H3,(H,20,21). The molecule has 1 amide bonds. The molecule has 0 saturated heterocycles. The molecule has 2 aromatic rings. The Bertz CT molecular complexity index is 597. The van der Waals surface area contributed by atoms with Gasteiger partial charge in [0.2, 0.25) is 5.91 Å². The fraction of sp³-hybridized carbons (Fsp3) is 0.235. The number of carbonyl (C=O) groups is 1. The summed E-state index contributed by atoms with van der Waals surface area (Å²) in [5.41, 5.74) is 1.72. The van der Waals surface area contributed by atoms with Crippen molar-refractivity contribution in [1.29, 1.82) is 0 Å². The molecule has 2 N–H and O–H groups in total. The zero-order valence-electron chi connectivity index (χ0n) is 12.4. The molecule has 0 heterocycles. The lowest BCUT2D eigenvalue weighted by molar-refractivity contribution is -0.116. The lowest BCUT2D eigenvalue weighted by Crippen LogP contribution is -2.21. The maximum absolute atomic E-state index is 12.8. The summed E-state index contributed by atoms with van der Waals surface area (Å²) in [6, 6.07) is 13.5. The molecule has 116 valence electrons. The maximum atomic E-state index is 12.8. The number of hydrogen-bond acceptors (Lipinski definition) is 3. The predicted octanol–water partition coefficient (Wildman–Crippen LogP) is 2.95. The SMILES string of the molecule is COc1ccc(NC(=O)CCNCc2ccc(F)cc2)cc1. The molecular weight excluding hydrogens is 283 g/mol. The van der Waals surface area contributed by atoms with E-state index < -0.39 is 0 Å². The minimum Gasteiger partial charge on any atom is -0.497 e. The fourth-order valence-electron chi connectivity index (χ4n) is 1.93. The Hall–Kier alpha value is -2.40. The molecule has 0 aliphatic rings. The van der Waals surface area contributed by atoms with Gasteiger partial charge in [0.15, 0.2) is 0 Å². The van der Waals surface area contributed by atoms with Gasteiger partial charge >= 0.3 is 0 Å². The van der Waals surface area contributed by atoms with Crippen molar-refractivity contribution in [3.05, 3.63) is 59.9 Å². The first-order chi connectivity index (χ1) is 10.7. The maximum Gasteiger partial charge on any atom is 0.225 e. The highest BCUT2D eigenvalue weighted by Gasteiger charge is 2.02. The second kappa shape index (κ2) is 8.14. The Kier molecular flexibility index (Phi) is 5.91. The van der Waals surface area contributed by atoms with Gasteiger partial charge < -0.3 is 15.4 Å². The van der Waals surface area contributed by atoms with Crippen LogP contribution in [0.15, 0.2) is 48.5 Å². The van der Waals surface area contributed by atoms with Crippen LogP contribution in [0.5, 0.6) is 5.75 Å². The third-order valence-corrected chi connectivity index (χ3v) is 3.14. The van der Waals surface area contributed by atoms with Gasteiger partial charge in [-0.2, -0.15) is 0 Å². The van der Waals surface area contributed by atoms with E-state index in [0.29, 0.717) is 19.5 Å². The molecule has 2 aromatic carbocycles. The molecule has 22 heavy (non-hydrogen) atoms. The molecule has 0 aliphatic heterocycles. The van der Waals surface area contributed by atoms with Gasteiger partial charge in [-0.25, -0.2) is 4.39 Å². The number of rotatable bonds is 7. The summed E-state index contributed by atoms with van der Waals surface area (Å²) in [6.07, 6.45) is 0.368. The van der Waals surface area contributed by atoms with E-state index in [-0.39, 0.29) is 11.7 Å². The summed E-state index contributed by atoms with van der Waals surface area (Å²) in [6.45, 7) is 1.16. The van der Waals surface area contributed by atoms with Crippen LogP contribution in [0.1, 0.15) is 12.0 Å². The van der Waals surface area contributed by atoms with E-state index in [0.717, 1.165) is 17.0 Å². The highest BCUT2D eigenvalue weighted by atomic mass is 19.1. The molecule has 4 nitrogen and oxygen atoms in total. The van der Waals surface area contributed by atoms with E-state index in [1.807, 2.05) is 0 Å². The van der Waals surface area contributed by atoms with Gasteiger partial charge in [-0.05, 0) is 42.0 Å². The van der Waals surface area contributed by atoms with E-state index in [2.05, 4.69) is 10.6 Å². The van der Waals surface area contributed by atoms with Crippen molar-refractivity contribution in [3.8, 4) is 5.75 Å². The van der Waals surface area contributed by atoms with Crippen LogP contribution in [0.2, 0.25) is 0 Å². The molecule has 0 saturated carbocycles. The van der Waals surface area contributed by atoms with Crippen LogP contribution in [-0.2, 0) is 11.3 Å². The van der Waals surface area contributed by atoms with Crippen LogP contribution >= 0.6 is 0 Å². The molecule has 0 fully saturated rings. The molecule has 0 bridgehead atoms. The summed E-state index contributed by atoms with van der Waals surface area (Å²) in [5, 5.41) is 5.97. The Morgan fingerprint density at radius 3 is 2.41 bits per heavy atom. The van der Waals surface area contributed by atoms with Crippen molar-refractivity contribution >= 4 is 11.6 Å². The number of methoxy groups -OCH3 is 1. The normalized spacial score (nSPS) is 10.3. The highest BCUT2D eigenvalue weighted by Crippen LogP contribution is 2.14. The number of carbonyl (C=O) groups excluding carboxylic acids is 1. The zero-order chi connectivity index (χ0) is 15.8. The van der Waals surface area contributed by atoms with Crippen LogP contribution in [0.25, 0.3) is 0 Å². The van der Waals surface area contributed by atoms with Crippen LogP contribution in [0, 0.1) is 5.82 Å². The first kappa shape index (κ1) is 16.0. The van der Waals surface area contributed by atoms with E-state index in [1.165, 1.54) is 12.1 Å². The number of halogens is 1. The predicted molar refractivity (Wildman–Crippen MR) is 84.3 cm³/mol. The van der Waals surface area contributed by atoms with Gasteiger partial charge in [0.25, 0.3) is 0 Å². The van der Waals surface area contributed by atoms with Crippen LogP contribution in [0.3, 0.4) is 0 Å². The topological polar surface area (TPSA) is 50.4 Å². The van der Waals surface area contributed by atoms with Crippen molar-refractivity contribution in [3.63, 3.8) is 0 Å². The lowest BCUT2D eigenvalue weighted by Gasteiger charge is -2.07. The molecule has 0 spiro atoms. The molecule has 0 radical (unpaired) electrons. The quantitative estimate of drug-likeness (QED) is 0.773. The highest BCUT2D eigenvalue weighted by molar-refractivity contribution is 5.90. The number of nitrogens with one attached hydrogen (secondary N) is 2. The van der Waals surface area contributed by atoms with Gasteiger partial charge in [0, 0.05) is 25.2 Å². The van der Waals surface area contributed by atoms with Gasteiger partial charge in [0.1, 0.15) is 11.6 Å². The van der Waals surface area contributed by atoms with Gasteiger partial charge in [0.05, 0.1) is 7.11 Å². The van der Waals surface area contributed by atoms with E-state index in [1.54, 1.807) is 43.5 Å². The van der Waals surface area contributed by atoms with Crippen LogP contribution in [-0.4, -0.2) is 19.6 Å². The van der Waals surface area contributed by atoms with Crippen molar-refractivity contribution in [2.45, 2.75) is 13.0 Å². The summed E-state index contributed by atoms with van der Waals surface area (Å²) in [4.78, 5) is 11.8. The average Bonchev–Trinajstić information content (AvgIpc) is 2.54. The molecule has 0 aromatic heterocycles. The van der Waals surface area contributed by atoms with E-state index >= 15 is 0 Å². The second-order valence-corrected chi connectivity index (χ2v) is 4.83. The van der Waals surface area contributed by atoms with Gasteiger partial charge in [-0.15, -0.1) is 0 Å². The second-order valence-electron chi connectivity index (χ2n) is 4.83. The average molecular weight is 302 g/mol. The van der Waals surface area contributed by atoms with Crippen LogP contribution in [0.4, 0.5) is 10.1 Å². The molecule has 5 heteroatoms. The third-order valence-electron chi connectivity index (χ3n) is 3.14. The number of anilines is 1. The lowest BCUT2D eigenvalue weighted by atomic mass is 10.2. The summed E-state index contributed by atoms with van der Waals surface area (Å²) in [7, 11) is 1.60. The Morgan fingerprint density at radius 1 is 1.09 bits per heavy atom. The minimum atomic E-state index is -0.248. The number of benzene rings is 2. The summed E-state index contributed by atoms with van der Waals surface area (Å²) < 4.78 is 17.8. The minimum absolute atomic E-state index is 0.0585. The van der Waals surface area contributed by atoms with E-state index in [4.69, 9.17) is 4.74 Å². The monoisotopic (exact) mass is 302 g/mol. The summed E-state index contributed by atoms with van der Waals surface area (Å²) >= 11 is 0. The molecular formula is C17H19FN2O2. The number of hydrogen-bond donors (Lipinski definition) is 2. The number of amides is 1. The van der Waals surface area contributed by atoms with Crippen LogP contribution < -0.4 is 15.4 Å². The largest absolute Gasteiger partial charge is 0.497 e. The van der Waals surface area contributed by atoms with Crippen molar-refractivity contribution in [2.75, 3.05) is 19.0 Å². The van der Waals surface area contributed by atoms with E-state index in [9.17, 15) is 9.18 Å². The zero-order valence-corrected chi connectivity index (χ0v) is 12.4. The van der Waals surface area contributed by atoms with Gasteiger partial charge in [-0.3, -0.25) is 4.79 Å². The first-order valence-electron chi connectivity index (χ1n) is 7.06. The van der Waals surface area contributed by atoms with Crippen molar-refractivity contribution in [2.24, 2.45) is 0 Å². The number of ether oxygens (including phenoxy) is 1. The Morgan fingerprint density at radius 2 is 1.77 bits per heavy atom. The molecule has 0 aliphatic carbocycles. The smallest absolute Gasteiger partial charge is 0.225 e. The third kappa shape index (κ3) is 5.18. The fourth-order valence-corrected chi connectivity index (χ4v) is 1.93. The summed E-state index contributed by atoms with van der Waals surface area (Å²) in [5.74, 6) is 0.443. The first-order valence-corrected chi connectivity index (χ1v) is 7.06. The van der Waals surface area contributed by atoms with Gasteiger partial charge in [-0.1, -0.05) is 12.1 Å². The molecule has 2 rings (SSSR count). The van der Waals surface area contributed by atoms with Crippen molar-refractivity contribution < 1.29 is 13.9 Å². The Balaban J connectivity index is 1.67. The molecule has 0 atom stereocenters.